The van der Waals surface area contributed by atoms with Gasteiger partial charge in [0.25, 0.3) is 5.56 Å². The largest absolute Gasteiger partial charge is 0.349 e. The third kappa shape index (κ3) is 2.61. The predicted octanol–water partition coefficient (Wildman–Crippen LogP) is 3.52. The van der Waals surface area contributed by atoms with Crippen LogP contribution in [0.5, 0.6) is 0 Å². The monoisotopic (exact) mass is 334 g/mol. The van der Waals surface area contributed by atoms with E-state index in [0.29, 0.717) is 22.4 Å². The second-order valence-electron chi connectivity index (χ2n) is 5.97. The van der Waals surface area contributed by atoms with Crippen molar-refractivity contribution in [1.82, 2.24) is 14.6 Å². The van der Waals surface area contributed by atoms with E-state index in [-0.39, 0.29) is 11.4 Å². The van der Waals surface area contributed by atoms with Crippen molar-refractivity contribution in [2.24, 2.45) is 5.10 Å². The molecule has 0 aliphatic carbocycles. The number of rotatable bonds is 2. The van der Waals surface area contributed by atoms with Crippen LogP contribution in [0.25, 0.3) is 21.9 Å². The zero-order chi connectivity index (χ0) is 17.6. The molecule has 5 nitrogen and oxygen atoms in total. The number of aryl methyl sites for hydroxylation is 2. The Morgan fingerprint density at radius 2 is 2.04 bits per heavy atom. The Bertz CT molecular complexity index is 1200. The van der Waals surface area contributed by atoms with E-state index in [9.17, 15) is 9.18 Å². The van der Waals surface area contributed by atoms with E-state index < -0.39 is 0 Å². The van der Waals surface area contributed by atoms with E-state index in [2.05, 4.69) is 15.1 Å². The number of fused-ring (bicyclic) bond motifs is 3. The summed E-state index contributed by atoms with van der Waals surface area (Å²) in [5.74, 6) is 0.111. The summed E-state index contributed by atoms with van der Waals surface area (Å²) in [4.78, 5) is 20.5. The first-order valence-electron chi connectivity index (χ1n) is 7.84. The Balaban J connectivity index is 1.90. The molecule has 4 aromatic rings. The van der Waals surface area contributed by atoms with E-state index in [1.807, 2.05) is 25.1 Å². The van der Waals surface area contributed by atoms with Gasteiger partial charge in [0, 0.05) is 10.9 Å². The molecule has 0 fully saturated rings. The number of H-pyrrole nitrogens is 1. The Morgan fingerprint density at radius 3 is 2.84 bits per heavy atom. The van der Waals surface area contributed by atoms with Crippen molar-refractivity contribution < 1.29 is 4.39 Å². The van der Waals surface area contributed by atoms with Gasteiger partial charge < -0.3 is 4.98 Å². The number of halogens is 1. The van der Waals surface area contributed by atoms with Crippen LogP contribution < -0.4 is 5.56 Å². The lowest BCUT2D eigenvalue weighted by atomic mass is 10.2. The molecule has 0 saturated carbocycles. The van der Waals surface area contributed by atoms with E-state index in [1.54, 1.807) is 19.1 Å². The summed E-state index contributed by atoms with van der Waals surface area (Å²) in [5, 5.41) is 5.10. The van der Waals surface area contributed by atoms with Gasteiger partial charge >= 0.3 is 0 Å². The van der Waals surface area contributed by atoms with Gasteiger partial charge in [0.1, 0.15) is 22.7 Å². The van der Waals surface area contributed by atoms with Crippen molar-refractivity contribution >= 4 is 28.2 Å². The average Bonchev–Trinajstić information content (AvgIpc) is 2.93. The van der Waals surface area contributed by atoms with Crippen molar-refractivity contribution in [3.05, 3.63) is 75.6 Å². The maximum atomic E-state index is 13.3. The maximum Gasteiger partial charge on any atom is 0.298 e. The topological polar surface area (TPSA) is 63.0 Å². The number of benzene rings is 2. The second kappa shape index (κ2) is 5.66. The van der Waals surface area contributed by atoms with Gasteiger partial charge in [0.15, 0.2) is 0 Å². The number of hydrogen-bond acceptors (Lipinski definition) is 3. The minimum absolute atomic E-state index is 0.288. The van der Waals surface area contributed by atoms with Gasteiger partial charge in [-0.05, 0) is 43.7 Å². The van der Waals surface area contributed by atoms with Crippen LogP contribution in [-0.2, 0) is 0 Å². The Hall–Kier alpha value is -3.28. The molecule has 0 amide bonds. The minimum Gasteiger partial charge on any atom is -0.349 e. The van der Waals surface area contributed by atoms with Gasteiger partial charge in [-0.25, -0.2) is 9.37 Å². The van der Waals surface area contributed by atoms with E-state index >= 15 is 0 Å². The molecule has 124 valence electrons. The van der Waals surface area contributed by atoms with Crippen LogP contribution >= 0.6 is 0 Å². The van der Waals surface area contributed by atoms with Gasteiger partial charge in [0.2, 0.25) is 0 Å². The van der Waals surface area contributed by atoms with Gasteiger partial charge in [-0.2, -0.15) is 9.78 Å². The smallest absolute Gasteiger partial charge is 0.298 e. The quantitative estimate of drug-likeness (QED) is 0.570. The highest BCUT2D eigenvalue weighted by Gasteiger charge is 2.13. The molecule has 0 radical (unpaired) electrons. The van der Waals surface area contributed by atoms with Crippen LogP contribution in [-0.4, -0.2) is 20.9 Å². The lowest BCUT2D eigenvalue weighted by Crippen LogP contribution is -2.20. The van der Waals surface area contributed by atoms with Gasteiger partial charge in [-0.1, -0.05) is 23.8 Å². The molecule has 0 saturated heterocycles. The Morgan fingerprint density at radius 1 is 1.20 bits per heavy atom. The minimum atomic E-state index is -0.354. The highest BCUT2D eigenvalue weighted by atomic mass is 19.1. The molecule has 0 aliphatic rings. The number of hydrogen-bond donors (Lipinski definition) is 1. The van der Waals surface area contributed by atoms with Gasteiger partial charge in [-0.3, -0.25) is 4.79 Å². The predicted molar refractivity (Wildman–Crippen MR) is 96.7 cm³/mol. The Labute approximate surface area is 142 Å². The second-order valence-corrected chi connectivity index (χ2v) is 5.97. The molecule has 25 heavy (non-hydrogen) atoms. The Kier molecular flexibility index (Phi) is 3.46. The highest BCUT2D eigenvalue weighted by Crippen LogP contribution is 2.23. The van der Waals surface area contributed by atoms with Crippen molar-refractivity contribution in [1.29, 1.82) is 0 Å². The zero-order valence-electron chi connectivity index (χ0n) is 13.7. The van der Waals surface area contributed by atoms with Gasteiger partial charge in [0.05, 0.1) is 6.21 Å². The van der Waals surface area contributed by atoms with Crippen molar-refractivity contribution in [2.45, 2.75) is 13.8 Å². The first kappa shape index (κ1) is 15.3. The van der Waals surface area contributed by atoms with Crippen LogP contribution in [0, 0.1) is 19.7 Å². The van der Waals surface area contributed by atoms with Crippen LogP contribution in [0.15, 0.2) is 52.4 Å². The number of nitrogens with one attached hydrogen (secondary N) is 1. The third-order valence-corrected chi connectivity index (χ3v) is 4.08. The van der Waals surface area contributed by atoms with Crippen LogP contribution in [0.4, 0.5) is 4.39 Å². The first-order chi connectivity index (χ1) is 12.0. The molecule has 2 heterocycles. The number of aromatic nitrogens is 3. The maximum absolute atomic E-state index is 13.3. The van der Waals surface area contributed by atoms with Crippen molar-refractivity contribution in [3.8, 4) is 0 Å². The van der Waals surface area contributed by atoms with Crippen LogP contribution in [0.3, 0.4) is 0 Å². The summed E-state index contributed by atoms with van der Waals surface area (Å²) < 4.78 is 14.5. The zero-order valence-corrected chi connectivity index (χ0v) is 13.7. The molecular weight excluding hydrogens is 319 g/mol. The fraction of sp³-hybridized carbons (Fsp3) is 0.105. The molecule has 2 aromatic carbocycles. The number of nitrogens with zero attached hydrogens (tertiary/aromatic N) is 3. The van der Waals surface area contributed by atoms with Crippen molar-refractivity contribution in [3.63, 3.8) is 0 Å². The van der Waals surface area contributed by atoms with E-state index in [1.165, 1.54) is 23.0 Å². The van der Waals surface area contributed by atoms with Crippen molar-refractivity contribution in [2.75, 3.05) is 0 Å². The molecule has 0 spiro atoms. The average molecular weight is 334 g/mol. The lowest BCUT2D eigenvalue weighted by Gasteiger charge is -2.03. The molecule has 0 bridgehead atoms. The normalized spacial score (nSPS) is 11.8. The SMILES string of the molecule is Cc1ccc2[nH]c3c(=O)n(/N=C\c4cccc(F)c4)c(C)nc3c2c1. The first-order valence-corrected chi connectivity index (χ1v) is 7.84. The van der Waals surface area contributed by atoms with Gasteiger partial charge in [-0.15, -0.1) is 0 Å². The lowest BCUT2D eigenvalue weighted by molar-refractivity contribution is 0.627. The molecule has 0 atom stereocenters. The summed E-state index contributed by atoms with van der Waals surface area (Å²) in [5.41, 5.74) is 3.28. The summed E-state index contributed by atoms with van der Waals surface area (Å²) in [7, 11) is 0. The highest BCUT2D eigenvalue weighted by molar-refractivity contribution is 6.04. The summed E-state index contributed by atoms with van der Waals surface area (Å²) in [6, 6.07) is 11.9. The van der Waals surface area contributed by atoms with E-state index in [0.717, 1.165) is 16.5 Å². The van der Waals surface area contributed by atoms with E-state index in [4.69, 9.17) is 0 Å². The molecule has 0 aliphatic heterocycles. The molecule has 2 aromatic heterocycles. The molecule has 6 heteroatoms. The third-order valence-electron chi connectivity index (χ3n) is 4.08. The van der Waals surface area contributed by atoms with Crippen LogP contribution in [0.1, 0.15) is 17.0 Å². The van der Waals surface area contributed by atoms with Crippen LogP contribution in [0.2, 0.25) is 0 Å². The molecule has 4 rings (SSSR count). The number of aromatic amines is 1. The summed E-state index contributed by atoms with van der Waals surface area (Å²) in [6.45, 7) is 3.72. The summed E-state index contributed by atoms with van der Waals surface area (Å²) >= 11 is 0. The fourth-order valence-corrected chi connectivity index (χ4v) is 2.87. The summed E-state index contributed by atoms with van der Waals surface area (Å²) in [6.07, 6.45) is 1.44. The fourth-order valence-electron chi connectivity index (χ4n) is 2.87. The standard InChI is InChI=1S/C19H15FN4O/c1-11-6-7-16-15(8-11)17-18(23-16)19(25)24(12(2)22-17)21-10-13-4-3-5-14(20)9-13/h3-10,23H,1-2H3/b21-10-. The molecule has 0 unspecified atom stereocenters. The molecular formula is C19H15FN4O. The molecule has 1 N–H and O–H groups in total.